The molecule has 1 saturated carbocycles. The molecule has 0 aliphatic heterocycles. The number of ether oxygens (including phenoxy) is 1. The summed E-state index contributed by atoms with van der Waals surface area (Å²) in [5, 5.41) is 9.94. The quantitative estimate of drug-likeness (QED) is 0.390. The molecule has 1 heterocycles. The van der Waals surface area contributed by atoms with Crippen LogP contribution in [0.1, 0.15) is 42.6 Å². The highest BCUT2D eigenvalue weighted by molar-refractivity contribution is 7.99. The highest BCUT2D eigenvalue weighted by Gasteiger charge is 2.30. The van der Waals surface area contributed by atoms with Crippen LogP contribution in [0.3, 0.4) is 0 Å². The third-order valence-electron chi connectivity index (χ3n) is 4.76. The van der Waals surface area contributed by atoms with Crippen molar-refractivity contribution >= 4 is 11.8 Å². The summed E-state index contributed by atoms with van der Waals surface area (Å²) < 4.78 is 8.20. The maximum atomic E-state index is 5.92. The Balaban J connectivity index is 1.38. The van der Waals surface area contributed by atoms with Crippen LogP contribution in [0.15, 0.2) is 59.8 Å². The van der Waals surface area contributed by atoms with Gasteiger partial charge in [-0.25, -0.2) is 0 Å². The number of hydrogen-bond acceptors (Lipinski definition) is 4. The second kappa shape index (κ2) is 8.61. The molecule has 1 aliphatic carbocycles. The van der Waals surface area contributed by atoms with Crippen LogP contribution in [0, 0.1) is 0 Å². The van der Waals surface area contributed by atoms with Crippen molar-refractivity contribution < 1.29 is 4.74 Å². The SMILES string of the molecule is CCc1cccc(OCCSc2nnc(C3CC3)n2Cc2ccccc2)c1. The van der Waals surface area contributed by atoms with E-state index in [1.54, 1.807) is 11.8 Å². The Morgan fingerprint density at radius 2 is 1.85 bits per heavy atom. The van der Waals surface area contributed by atoms with E-state index in [2.05, 4.69) is 70.2 Å². The zero-order chi connectivity index (χ0) is 18.5. The van der Waals surface area contributed by atoms with Crippen LogP contribution in [-0.4, -0.2) is 27.1 Å². The Kier molecular flexibility index (Phi) is 5.78. The summed E-state index contributed by atoms with van der Waals surface area (Å²) in [5.74, 6) is 3.52. The molecule has 0 atom stereocenters. The van der Waals surface area contributed by atoms with Crippen LogP contribution >= 0.6 is 11.8 Å². The molecule has 0 radical (unpaired) electrons. The van der Waals surface area contributed by atoms with Crippen LogP contribution in [-0.2, 0) is 13.0 Å². The molecule has 5 heteroatoms. The van der Waals surface area contributed by atoms with Crippen LogP contribution in [0.2, 0.25) is 0 Å². The Bertz CT molecular complexity index is 874. The van der Waals surface area contributed by atoms with Gasteiger partial charge in [0.25, 0.3) is 0 Å². The second-order valence-corrected chi connectivity index (χ2v) is 7.95. The molecule has 4 nitrogen and oxygen atoms in total. The van der Waals surface area contributed by atoms with Crippen molar-refractivity contribution in [3.8, 4) is 5.75 Å². The topological polar surface area (TPSA) is 39.9 Å². The van der Waals surface area contributed by atoms with E-state index >= 15 is 0 Å². The Morgan fingerprint density at radius 3 is 2.63 bits per heavy atom. The van der Waals surface area contributed by atoms with Crippen LogP contribution < -0.4 is 4.74 Å². The van der Waals surface area contributed by atoms with Crippen molar-refractivity contribution in [3.63, 3.8) is 0 Å². The first-order chi connectivity index (χ1) is 13.3. The number of rotatable bonds is 9. The summed E-state index contributed by atoms with van der Waals surface area (Å²) in [7, 11) is 0. The third kappa shape index (κ3) is 4.72. The van der Waals surface area contributed by atoms with Crippen molar-refractivity contribution in [2.75, 3.05) is 12.4 Å². The van der Waals surface area contributed by atoms with Gasteiger partial charge in [-0.1, -0.05) is 61.2 Å². The van der Waals surface area contributed by atoms with E-state index in [0.717, 1.165) is 35.4 Å². The van der Waals surface area contributed by atoms with E-state index in [-0.39, 0.29) is 0 Å². The second-order valence-electron chi connectivity index (χ2n) is 6.88. The van der Waals surface area contributed by atoms with Crippen LogP contribution in [0.5, 0.6) is 5.75 Å². The third-order valence-corrected chi connectivity index (χ3v) is 5.69. The van der Waals surface area contributed by atoms with E-state index in [4.69, 9.17) is 4.74 Å². The smallest absolute Gasteiger partial charge is 0.191 e. The number of benzene rings is 2. The van der Waals surface area contributed by atoms with Gasteiger partial charge in [-0.05, 0) is 42.5 Å². The van der Waals surface area contributed by atoms with Crippen molar-refractivity contribution in [3.05, 3.63) is 71.5 Å². The first kappa shape index (κ1) is 18.1. The zero-order valence-corrected chi connectivity index (χ0v) is 16.5. The minimum absolute atomic E-state index is 0.587. The lowest BCUT2D eigenvalue weighted by atomic mass is 10.2. The van der Waals surface area contributed by atoms with Crippen LogP contribution in [0.4, 0.5) is 0 Å². The maximum absolute atomic E-state index is 5.92. The van der Waals surface area contributed by atoms with E-state index < -0.39 is 0 Å². The molecule has 4 rings (SSSR count). The van der Waals surface area contributed by atoms with Gasteiger partial charge in [0.15, 0.2) is 5.16 Å². The van der Waals surface area contributed by atoms with E-state index in [1.165, 1.54) is 24.0 Å². The lowest BCUT2D eigenvalue weighted by Gasteiger charge is -2.11. The molecular formula is C22H25N3OS. The summed E-state index contributed by atoms with van der Waals surface area (Å²) in [6.45, 7) is 3.65. The van der Waals surface area contributed by atoms with Gasteiger partial charge in [-0.15, -0.1) is 10.2 Å². The monoisotopic (exact) mass is 379 g/mol. The van der Waals surface area contributed by atoms with Gasteiger partial charge < -0.3 is 9.30 Å². The average molecular weight is 380 g/mol. The molecule has 1 aromatic heterocycles. The Hall–Kier alpha value is -2.27. The molecule has 0 unspecified atom stereocenters. The molecule has 0 saturated heterocycles. The van der Waals surface area contributed by atoms with Crippen molar-refractivity contribution in [1.82, 2.24) is 14.8 Å². The van der Waals surface area contributed by atoms with Gasteiger partial charge in [0, 0.05) is 11.7 Å². The van der Waals surface area contributed by atoms with Gasteiger partial charge in [0.2, 0.25) is 0 Å². The Labute approximate surface area is 165 Å². The van der Waals surface area contributed by atoms with Crippen LogP contribution in [0.25, 0.3) is 0 Å². The van der Waals surface area contributed by atoms with Gasteiger partial charge in [0.05, 0.1) is 13.2 Å². The fourth-order valence-electron chi connectivity index (χ4n) is 3.11. The molecule has 1 aliphatic rings. The largest absolute Gasteiger partial charge is 0.493 e. The predicted molar refractivity (Wildman–Crippen MR) is 110 cm³/mol. The standard InChI is InChI=1S/C22H25N3OS/c1-2-17-9-6-10-20(15-17)26-13-14-27-22-24-23-21(19-11-12-19)25(22)16-18-7-4-3-5-8-18/h3-10,15,19H,2,11-14,16H2,1H3. The molecule has 3 aromatic rings. The number of aromatic nitrogens is 3. The molecule has 1 fully saturated rings. The number of hydrogen-bond donors (Lipinski definition) is 0. The van der Waals surface area contributed by atoms with Gasteiger partial charge in [-0.3, -0.25) is 0 Å². The predicted octanol–water partition coefficient (Wildman–Crippen LogP) is 4.94. The maximum Gasteiger partial charge on any atom is 0.191 e. The van der Waals surface area contributed by atoms with Gasteiger partial charge in [0.1, 0.15) is 11.6 Å². The molecule has 0 N–H and O–H groups in total. The lowest BCUT2D eigenvalue weighted by Crippen LogP contribution is -2.07. The highest BCUT2D eigenvalue weighted by atomic mass is 32.2. The summed E-state index contributed by atoms with van der Waals surface area (Å²) in [5.41, 5.74) is 2.59. The molecule has 2 aromatic carbocycles. The molecular weight excluding hydrogens is 354 g/mol. The Morgan fingerprint density at radius 1 is 1.04 bits per heavy atom. The van der Waals surface area contributed by atoms with E-state index in [9.17, 15) is 0 Å². The zero-order valence-electron chi connectivity index (χ0n) is 15.7. The number of aryl methyl sites for hydroxylation is 1. The van der Waals surface area contributed by atoms with Gasteiger partial charge in [-0.2, -0.15) is 0 Å². The fourth-order valence-corrected chi connectivity index (χ4v) is 3.87. The fraction of sp³-hybridized carbons (Fsp3) is 0.364. The summed E-state index contributed by atoms with van der Waals surface area (Å²) in [6, 6.07) is 18.9. The molecule has 0 spiro atoms. The number of thioether (sulfide) groups is 1. The highest BCUT2D eigenvalue weighted by Crippen LogP contribution is 2.40. The van der Waals surface area contributed by atoms with Crippen molar-refractivity contribution in [1.29, 1.82) is 0 Å². The van der Waals surface area contributed by atoms with E-state index in [1.807, 2.05) is 6.07 Å². The number of nitrogens with zero attached hydrogens (tertiary/aromatic N) is 3. The minimum Gasteiger partial charge on any atom is -0.493 e. The molecule has 0 amide bonds. The van der Waals surface area contributed by atoms with E-state index in [0.29, 0.717) is 12.5 Å². The van der Waals surface area contributed by atoms with Gasteiger partial charge >= 0.3 is 0 Å². The first-order valence-electron chi connectivity index (χ1n) is 9.65. The summed E-state index contributed by atoms with van der Waals surface area (Å²) in [6.07, 6.45) is 3.49. The molecule has 0 bridgehead atoms. The average Bonchev–Trinajstić information content (AvgIpc) is 3.48. The van der Waals surface area contributed by atoms with Crippen molar-refractivity contribution in [2.45, 2.75) is 43.8 Å². The molecule has 140 valence electrons. The summed E-state index contributed by atoms with van der Waals surface area (Å²) >= 11 is 1.73. The molecule has 27 heavy (non-hydrogen) atoms. The summed E-state index contributed by atoms with van der Waals surface area (Å²) in [4.78, 5) is 0. The normalized spacial score (nSPS) is 13.7. The van der Waals surface area contributed by atoms with Crippen molar-refractivity contribution in [2.24, 2.45) is 0 Å². The first-order valence-corrected chi connectivity index (χ1v) is 10.6. The lowest BCUT2D eigenvalue weighted by molar-refractivity contribution is 0.343. The minimum atomic E-state index is 0.587.